The zero-order valence-corrected chi connectivity index (χ0v) is 13.0. The molecule has 1 aliphatic carbocycles. The lowest BCUT2D eigenvalue weighted by atomic mass is 10.0. The van der Waals surface area contributed by atoms with Gasteiger partial charge in [-0.2, -0.15) is 0 Å². The lowest BCUT2D eigenvalue weighted by molar-refractivity contribution is 0.0955. The van der Waals surface area contributed by atoms with E-state index in [-0.39, 0.29) is 16.9 Å². The van der Waals surface area contributed by atoms with Crippen molar-refractivity contribution in [3.05, 3.63) is 34.6 Å². The van der Waals surface area contributed by atoms with E-state index in [4.69, 9.17) is 17.3 Å². The summed E-state index contributed by atoms with van der Waals surface area (Å²) in [5.41, 5.74) is 6.97. The fraction of sp³-hybridized carbons (Fsp3) is 0.625. The van der Waals surface area contributed by atoms with Crippen molar-refractivity contribution < 1.29 is 4.39 Å². The first kappa shape index (κ1) is 15.2. The molecule has 3 nitrogen and oxygen atoms in total. The van der Waals surface area contributed by atoms with Crippen LogP contribution in [0.15, 0.2) is 18.2 Å². The van der Waals surface area contributed by atoms with Gasteiger partial charge in [0.2, 0.25) is 0 Å². The van der Waals surface area contributed by atoms with Crippen LogP contribution in [-0.2, 0) is 0 Å². The second kappa shape index (κ2) is 6.61. The lowest BCUT2D eigenvalue weighted by Gasteiger charge is -2.39. The molecule has 0 amide bonds. The Bertz CT molecular complexity index is 484. The summed E-state index contributed by atoms with van der Waals surface area (Å²) in [5.74, 6) is 0.572. The van der Waals surface area contributed by atoms with E-state index in [9.17, 15) is 4.39 Å². The minimum absolute atomic E-state index is 0.131. The van der Waals surface area contributed by atoms with Gasteiger partial charge in [0.1, 0.15) is 5.82 Å². The van der Waals surface area contributed by atoms with E-state index in [1.54, 1.807) is 12.1 Å². The van der Waals surface area contributed by atoms with Crippen LogP contribution in [0.3, 0.4) is 0 Å². The van der Waals surface area contributed by atoms with Crippen molar-refractivity contribution >= 4 is 11.6 Å². The maximum atomic E-state index is 13.3. The van der Waals surface area contributed by atoms with Crippen molar-refractivity contribution in [1.29, 1.82) is 0 Å². The van der Waals surface area contributed by atoms with Gasteiger partial charge in [-0.15, -0.1) is 0 Å². The van der Waals surface area contributed by atoms with Crippen LogP contribution in [0.25, 0.3) is 0 Å². The Balaban J connectivity index is 1.62. The highest BCUT2D eigenvalue weighted by Gasteiger charge is 2.28. The highest BCUT2D eigenvalue weighted by atomic mass is 35.5. The van der Waals surface area contributed by atoms with Crippen LogP contribution in [0.5, 0.6) is 0 Å². The zero-order valence-electron chi connectivity index (χ0n) is 12.3. The molecular weight excluding hydrogens is 289 g/mol. The van der Waals surface area contributed by atoms with Crippen molar-refractivity contribution in [3.8, 4) is 0 Å². The van der Waals surface area contributed by atoms with Gasteiger partial charge in [-0.05, 0) is 36.5 Å². The van der Waals surface area contributed by atoms with Crippen LogP contribution in [0.1, 0.15) is 24.4 Å². The van der Waals surface area contributed by atoms with Gasteiger partial charge in [0.05, 0.1) is 5.02 Å². The summed E-state index contributed by atoms with van der Waals surface area (Å²) < 4.78 is 13.3. The molecule has 1 heterocycles. The molecule has 1 aromatic rings. The van der Waals surface area contributed by atoms with Crippen LogP contribution in [0, 0.1) is 11.7 Å². The number of rotatable bonds is 5. The van der Waals surface area contributed by atoms with Gasteiger partial charge in [0.15, 0.2) is 0 Å². The molecule has 1 unspecified atom stereocenters. The van der Waals surface area contributed by atoms with E-state index < -0.39 is 0 Å². The van der Waals surface area contributed by atoms with Crippen molar-refractivity contribution in [2.75, 3.05) is 39.3 Å². The van der Waals surface area contributed by atoms with Crippen LogP contribution in [-0.4, -0.2) is 49.1 Å². The monoisotopic (exact) mass is 311 g/mol. The molecule has 0 spiro atoms. The third-order valence-electron chi connectivity index (χ3n) is 4.61. The highest BCUT2D eigenvalue weighted by Crippen LogP contribution is 2.31. The van der Waals surface area contributed by atoms with Gasteiger partial charge in [-0.3, -0.25) is 4.90 Å². The van der Waals surface area contributed by atoms with Gasteiger partial charge in [0, 0.05) is 45.3 Å². The largest absolute Gasteiger partial charge is 0.329 e. The number of piperazine rings is 1. The van der Waals surface area contributed by atoms with Crippen LogP contribution in [0.4, 0.5) is 4.39 Å². The minimum Gasteiger partial charge on any atom is -0.329 e. The predicted octanol–water partition coefficient (Wildman–Crippen LogP) is 2.51. The predicted molar refractivity (Wildman–Crippen MR) is 83.9 cm³/mol. The summed E-state index contributed by atoms with van der Waals surface area (Å²) >= 11 is 5.90. The average Bonchev–Trinajstić information content (AvgIpc) is 3.29. The van der Waals surface area contributed by atoms with Crippen molar-refractivity contribution in [2.24, 2.45) is 11.7 Å². The summed E-state index contributed by atoms with van der Waals surface area (Å²) in [6.45, 7) is 6.02. The lowest BCUT2D eigenvalue weighted by Crippen LogP contribution is -2.49. The Morgan fingerprint density at radius 2 is 1.95 bits per heavy atom. The molecular formula is C16H23ClFN3. The summed E-state index contributed by atoms with van der Waals surface area (Å²) in [7, 11) is 0. The third-order valence-corrected chi connectivity index (χ3v) is 4.90. The summed E-state index contributed by atoms with van der Waals surface area (Å²) in [4.78, 5) is 4.95. The molecule has 2 aliphatic rings. The Hall–Kier alpha value is -0.680. The second-order valence-electron chi connectivity index (χ2n) is 6.20. The fourth-order valence-corrected chi connectivity index (χ4v) is 3.33. The van der Waals surface area contributed by atoms with E-state index in [0.29, 0.717) is 6.54 Å². The van der Waals surface area contributed by atoms with Crippen LogP contribution in [0.2, 0.25) is 5.02 Å². The van der Waals surface area contributed by atoms with Crippen molar-refractivity contribution in [1.82, 2.24) is 9.80 Å². The molecule has 1 aliphatic heterocycles. The van der Waals surface area contributed by atoms with Gasteiger partial charge in [-0.25, -0.2) is 4.39 Å². The molecule has 5 heteroatoms. The molecule has 1 aromatic carbocycles. The maximum Gasteiger partial charge on any atom is 0.141 e. The van der Waals surface area contributed by atoms with Gasteiger partial charge in [-0.1, -0.05) is 17.7 Å². The number of hydrogen-bond donors (Lipinski definition) is 1. The van der Waals surface area contributed by atoms with E-state index in [1.165, 1.54) is 25.5 Å². The van der Waals surface area contributed by atoms with Gasteiger partial charge >= 0.3 is 0 Å². The quantitative estimate of drug-likeness (QED) is 0.907. The van der Waals surface area contributed by atoms with Gasteiger partial charge in [0.25, 0.3) is 0 Å². The number of nitrogens with zero attached hydrogens (tertiary/aromatic N) is 2. The molecule has 21 heavy (non-hydrogen) atoms. The summed E-state index contributed by atoms with van der Waals surface area (Å²) in [6, 6.07) is 5.08. The average molecular weight is 312 g/mol. The Kier molecular flexibility index (Phi) is 4.79. The molecule has 1 atom stereocenters. The SMILES string of the molecule is NCC(c1ccc(F)c(Cl)c1)N1CCN(CC2CC2)CC1. The minimum atomic E-state index is -0.370. The molecule has 0 bridgehead atoms. The fourth-order valence-electron chi connectivity index (χ4n) is 3.14. The molecule has 0 radical (unpaired) electrons. The number of halogens is 2. The normalized spacial score (nSPS) is 22.4. The molecule has 1 saturated carbocycles. The maximum absolute atomic E-state index is 13.3. The first-order valence-electron chi connectivity index (χ1n) is 7.79. The van der Waals surface area contributed by atoms with Gasteiger partial charge < -0.3 is 10.6 Å². The molecule has 2 fully saturated rings. The Labute approximate surface area is 130 Å². The first-order valence-corrected chi connectivity index (χ1v) is 8.16. The number of hydrogen-bond acceptors (Lipinski definition) is 3. The molecule has 3 rings (SSSR count). The molecule has 116 valence electrons. The second-order valence-corrected chi connectivity index (χ2v) is 6.61. The third kappa shape index (κ3) is 3.75. The zero-order chi connectivity index (χ0) is 14.8. The number of nitrogens with two attached hydrogens (primary N) is 1. The van der Waals surface area contributed by atoms with E-state index in [1.807, 2.05) is 0 Å². The van der Waals surface area contributed by atoms with Crippen molar-refractivity contribution in [3.63, 3.8) is 0 Å². The molecule has 2 N–H and O–H groups in total. The van der Waals surface area contributed by atoms with Crippen LogP contribution >= 0.6 is 11.6 Å². The first-order chi connectivity index (χ1) is 10.2. The highest BCUT2D eigenvalue weighted by molar-refractivity contribution is 6.30. The summed E-state index contributed by atoms with van der Waals surface area (Å²) in [5, 5.41) is 0.179. The molecule has 1 saturated heterocycles. The van der Waals surface area contributed by atoms with E-state index >= 15 is 0 Å². The van der Waals surface area contributed by atoms with E-state index in [2.05, 4.69) is 9.80 Å². The standard InChI is InChI=1S/C16H23ClFN3/c17-14-9-13(3-4-15(14)18)16(10-19)21-7-5-20(6-8-21)11-12-1-2-12/h3-4,9,12,16H,1-2,5-8,10-11,19H2. The topological polar surface area (TPSA) is 32.5 Å². The smallest absolute Gasteiger partial charge is 0.141 e. The molecule has 0 aromatic heterocycles. The number of benzene rings is 1. The van der Waals surface area contributed by atoms with Crippen LogP contribution < -0.4 is 5.73 Å². The Morgan fingerprint density at radius 1 is 1.24 bits per heavy atom. The Morgan fingerprint density at radius 3 is 2.52 bits per heavy atom. The van der Waals surface area contributed by atoms with E-state index in [0.717, 1.165) is 37.7 Å². The summed E-state index contributed by atoms with van der Waals surface area (Å²) in [6.07, 6.45) is 2.80. The van der Waals surface area contributed by atoms with Crippen molar-refractivity contribution in [2.45, 2.75) is 18.9 Å².